The van der Waals surface area contributed by atoms with Gasteiger partial charge in [0, 0.05) is 32.2 Å². The van der Waals surface area contributed by atoms with Gasteiger partial charge < -0.3 is 9.42 Å². The van der Waals surface area contributed by atoms with Crippen LogP contribution >= 0.6 is 0 Å². The number of piperazine rings is 1. The third-order valence-corrected chi connectivity index (χ3v) is 3.63. The SMILES string of the molecule is NS(=O)(=O)N1CCN(C(=O)c2ccon2)CC1. The lowest BCUT2D eigenvalue weighted by molar-refractivity contribution is 0.0687. The second-order valence-electron chi connectivity index (χ2n) is 3.62. The van der Waals surface area contributed by atoms with E-state index in [2.05, 4.69) is 9.68 Å². The van der Waals surface area contributed by atoms with Crippen LogP contribution in [0.4, 0.5) is 0 Å². The normalized spacial score (nSPS) is 18.3. The molecule has 1 aliphatic rings. The first-order chi connectivity index (χ1) is 7.98. The zero-order valence-corrected chi connectivity index (χ0v) is 9.76. The summed E-state index contributed by atoms with van der Waals surface area (Å²) in [5.74, 6) is -0.271. The van der Waals surface area contributed by atoms with Gasteiger partial charge in [0.05, 0.1) is 0 Å². The standard InChI is InChI=1S/C8H12N4O4S/c9-17(14,15)12-4-2-11(3-5-12)8(13)7-1-6-16-10-7/h1,6H,2-5H2,(H2,9,14,15). The Labute approximate surface area is 98.1 Å². The van der Waals surface area contributed by atoms with Crippen LogP contribution in [0.15, 0.2) is 16.9 Å². The van der Waals surface area contributed by atoms with Gasteiger partial charge in [-0.3, -0.25) is 4.79 Å². The predicted octanol–water partition coefficient (Wildman–Crippen LogP) is -1.36. The lowest BCUT2D eigenvalue weighted by atomic mass is 10.3. The molecule has 94 valence electrons. The minimum atomic E-state index is -3.67. The van der Waals surface area contributed by atoms with Crippen molar-refractivity contribution < 1.29 is 17.7 Å². The minimum absolute atomic E-state index is 0.197. The summed E-state index contributed by atoms with van der Waals surface area (Å²) in [6.07, 6.45) is 1.31. The molecule has 0 atom stereocenters. The first-order valence-corrected chi connectivity index (χ1v) is 6.46. The van der Waals surface area contributed by atoms with E-state index in [1.54, 1.807) is 0 Å². The molecule has 9 heteroatoms. The van der Waals surface area contributed by atoms with Crippen molar-refractivity contribution >= 4 is 16.1 Å². The fourth-order valence-electron chi connectivity index (χ4n) is 1.63. The Kier molecular flexibility index (Phi) is 3.13. The van der Waals surface area contributed by atoms with E-state index in [9.17, 15) is 13.2 Å². The van der Waals surface area contributed by atoms with E-state index in [-0.39, 0.29) is 24.7 Å². The third kappa shape index (κ3) is 2.62. The van der Waals surface area contributed by atoms with Crippen LogP contribution in [-0.4, -0.2) is 54.9 Å². The van der Waals surface area contributed by atoms with Gasteiger partial charge in [-0.15, -0.1) is 0 Å². The molecule has 1 fully saturated rings. The molecule has 1 saturated heterocycles. The Bertz CT molecular complexity index is 490. The summed E-state index contributed by atoms with van der Waals surface area (Å²) in [5, 5.41) is 8.53. The summed E-state index contributed by atoms with van der Waals surface area (Å²) < 4.78 is 27.8. The molecule has 0 aliphatic carbocycles. The number of hydrogen-bond donors (Lipinski definition) is 1. The molecule has 8 nitrogen and oxygen atoms in total. The molecule has 17 heavy (non-hydrogen) atoms. The number of hydrogen-bond acceptors (Lipinski definition) is 5. The van der Waals surface area contributed by atoms with Crippen molar-refractivity contribution in [2.45, 2.75) is 0 Å². The van der Waals surface area contributed by atoms with E-state index in [1.165, 1.54) is 17.2 Å². The van der Waals surface area contributed by atoms with Crippen LogP contribution in [0.25, 0.3) is 0 Å². The van der Waals surface area contributed by atoms with Gasteiger partial charge in [0.25, 0.3) is 16.1 Å². The van der Waals surface area contributed by atoms with Crippen LogP contribution in [-0.2, 0) is 10.2 Å². The number of carbonyl (C=O) groups excluding carboxylic acids is 1. The first kappa shape index (κ1) is 12.0. The van der Waals surface area contributed by atoms with Crippen molar-refractivity contribution in [1.82, 2.24) is 14.4 Å². The average molecular weight is 260 g/mol. The highest BCUT2D eigenvalue weighted by Gasteiger charge is 2.27. The van der Waals surface area contributed by atoms with Crippen molar-refractivity contribution in [3.8, 4) is 0 Å². The molecule has 1 amide bonds. The molecule has 1 aliphatic heterocycles. The maximum atomic E-state index is 11.8. The zero-order valence-electron chi connectivity index (χ0n) is 8.94. The highest BCUT2D eigenvalue weighted by Crippen LogP contribution is 2.08. The molecule has 0 bridgehead atoms. The Balaban J connectivity index is 1.98. The van der Waals surface area contributed by atoms with Gasteiger partial charge in [-0.25, -0.2) is 5.14 Å². The topological polar surface area (TPSA) is 110 Å². The van der Waals surface area contributed by atoms with Crippen LogP contribution in [0.1, 0.15) is 10.5 Å². The number of amides is 1. The van der Waals surface area contributed by atoms with Gasteiger partial charge in [-0.1, -0.05) is 5.16 Å². The van der Waals surface area contributed by atoms with Crippen LogP contribution in [0.2, 0.25) is 0 Å². The van der Waals surface area contributed by atoms with Gasteiger partial charge >= 0.3 is 0 Å². The van der Waals surface area contributed by atoms with E-state index < -0.39 is 10.2 Å². The van der Waals surface area contributed by atoms with Crippen LogP contribution < -0.4 is 5.14 Å². The molecule has 2 heterocycles. The Morgan fingerprint density at radius 3 is 2.47 bits per heavy atom. The van der Waals surface area contributed by atoms with Crippen LogP contribution in [0, 0.1) is 0 Å². The number of nitrogens with two attached hydrogens (primary N) is 1. The average Bonchev–Trinajstić information content (AvgIpc) is 2.80. The highest BCUT2D eigenvalue weighted by molar-refractivity contribution is 7.86. The quantitative estimate of drug-likeness (QED) is 0.706. The first-order valence-electron chi connectivity index (χ1n) is 4.96. The molecule has 0 radical (unpaired) electrons. The van der Waals surface area contributed by atoms with Crippen molar-refractivity contribution in [1.29, 1.82) is 0 Å². The monoisotopic (exact) mass is 260 g/mol. The van der Waals surface area contributed by atoms with Gasteiger partial charge in [0.15, 0.2) is 5.69 Å². The molecule has 1 aromatic rings. The molecule has 0 aromatic carbocycles. The molecule has 1 aromatic heterocycles. The van der Waals surface area contributed by atoms with Crippen molar-refractivity contribution in [3.05, 3.63) is 18.0 Å². The van der Waals surface area contributed by atoms with E-state index in [0.717, 1.165) is 4.31 Å². The van der Waals surface area contributed by atoms with Gasteiger partial charge in [0.2, 0.25) is 0 Å². The summed E-state index contributed by atoms with van der Waals surface area (Å²) in [6, 6.07) is 1.47. The fourth-order valence-corrected chi connectivity index (χ4v) is 2.30. The van der Waals surface area contributed by atoms with Crippen LogP contribution in [0.3, 0.4) is 0 Å². The summed E-state index contributed by atoms with van der Waals surface area (Å²) in [7, 11) is -3.67. The number of aromatic nitrogens is 1. The Hall–Kier alpha value is -1.45. The Morgan fingerprint density at radius 1 is 1.35 bits per heavy atom. The minimum Gasteiger partial charge on any atom is -0.364 e. The molecular formula is C8H12N4O4S. The maximum absolute atomic E-state index is 11.8. The van der Waals surface area contributed by atoms with E-state index >= 15 is 0 Å². The smallest absolute Gasteiger partial charge is 0.277 e. The van der Waals surface area contributed by atoms with E-state index in [0.29, 0.717) is 13.1 Å². The zero-order chi connectivity index (χ0) is 12.5. The van der Waals surface area contributed by atoms with Gasteiger partial charge in [-0.05, 0) is 0 Å². The highest BCUT2D eigenvalue weighted by atomic mass is 32.2. The van der Waals surface area contributed by atoms with Crippen LogP contribution in [0.5, 0.6) is 0 Å². The lowest BCUT2D eigenvalue weighted by Crippen LogP contribution is -2.52. The number of rotatable bonds is 2. The third-order valence-electron chi connectivity index (χ3n) is 2.54. The fraction of sp³-hybridized carbons (Fsp3) is 0.500. The molecule has 0 unspecified atom stereocenters. The lowest BCUT2D eigenvalue weighted by Gasteiger charge is -2.32. The van der Waals surface area contributed by atoms with Gasteiger partial charge in [-0.2, -0.15) is 12.7 Å². The summed E-state index contributed by atoms with van der Waals surface area (Å²) in [5.41, 5.74) is 0.217. The van der Waals surface area contributed by atoms with Crippen molar-refractivity contribution in [3.63, 3.8) is 0 Å². The molecule has 0 spiro atoms. The number of nitrogens with zero attached hydrogens (tertiary/aromatic N) is 3. The molecular weight excluding hydrogens is 248 g/mol. The predicted molar refractivity (Wildman–Crippen MR) is 57.1 cm³/mol. The van der Waals surface area contributed by atoms with E-state index in [4.69, 9.17) is 5.14 Å². The molecule has 2 rings (SSSR count). The molecule has 2 N–H and O–H groups in total. The summed E-state index contributed by atoms with van der Waals surface area (Å²) in [6.45, 7) is 0.981. The second-order valence-corrected chi connectivity index (χ2v) is 5.17. The van der Waals surface area contributed by atoms with E-state index in [1.807, 2.05) is 0 Å². The second kappa shape index (κ2) is 4.43. The summed E-state index contributed by atoms with van der Waals surface area (Å²) >= 11 is 0. The maximum Gasteiger partial charge on any atom is 0.277 e. The van der Waals surface area contributed by atoms with Gasteiger partial charge in [0.1, 0.15) is 6.26 Å². The largest absolute Gasteiger partial charge is 0.364 e. The van der Waals surface area contributed by atoms with Crippen molar-refractivity contribution in [2.75, 3.05) is 26.2 Å². The number of carbonyl (C=O) groups is 1. The van der Waals surface area contributed by atoms with Crippen molar-refractivity contribution in [2.24, 2.45) is 5.14 Å². The summed E-state index contributed by atoms with van der Waals surface area (Å²) in [4.78, 5) is 13.3. The Morgan fingerprint density at radius 2 is 2.00 bits per heavy atom. The molecule has 0 saturated carbocycles.